The lowest BCUT2D eigenvalue weighted by molar-refractivity contribution is -0.137. The van der Waals surface area contributed by atoms with E-state index in [0.29, 0.717) is 0 Å². The van der Waals surface area contributed by atoms with Crippen LogP contribution in [0, 0.1) is 0 Å². The van der Waals surface area contributed by atoms with Crippen LogP contribution in [0.15, 0.2) is 72.8 Å². The van der Waals surface area contributed by atoms with E-state index in [2.05, 4.69) is 5.32 Å². The van der Waals surface area contributed by atoms with E-state index in [-0.39, 0.29) is 16.3 Å². The van der Waals surface area contributed by atoms with Crippen LogP contribution in [0.4, 0.5) is 18.9 Å². The first-order valence-electron chi connectivity index (χ1n) is 9.19. The van der Waals surface area contributed by atoms with E-state index < -0.39 is 29.7 Å². The van der Waals surface area contributed by atoms with Gasteiger partial charge in [0.05, 0.1) is 21.8 Å². The number of hydrogen-bond acceptors (Lipinski definition) is 3. The Balaban J connectivity index is 1.65. The highest BCUT2D eigenvalue weighted by molar-refractivity contribution is 6.33. The summed E-state index contributed by atoms with van der Waals surface area (Å²) in [5, 5.41) is 2.19. The summed E-state index contributed by atoms with van der Waals surface area (Å²) in [7, 11) is 0. The summed E-state index contributed by atoms with van der Waals surface area (Å²) in [6, 6.07) is 18.7. The van der Waals surface area contributed by atoms with Gasteiger partial charge in [-0.3, -0.25) is 4.79 Å². The number of carbonyl (C=O) groups excluding carboxylic acids is 2. The second kappa shape index (κ2) is 9.22. The minimum Gasteiger partial charge on any atom is -0.449 e. The van der Waals surface area contributed by atoms with Crippen LogP contribution < -0.4 is 5.32 Å². The van der Waals surface area contributed by atoms with Gasteiger partial charge in [0, 0.05) is 0 Å². The van der Waals surface area contributed by atoms with E-state index >= 15 is 0 Å². The van der Waals surface area contributed by atoms with Gasteiger partial charge in [0.2, 0.25) is 0 Å². The van der Waals surface area contributed by atoms with E-state index in [0.717, 1.165) is 29.3 Å². The van der Waals surface area contributed by atoms with Crippen molar-refractivity contribution in [1.29, 1.82) is 0 Å². The van der Waals surface area contributed by atoms with Gasteiger partial charge >= 0.3 is 12.1 Å². The van der Waals surface area contributed by atoms with E-state index in [9.17, 15) is 22.8 Å². The van der Waals surface area contributed by atoms with Gasteiger partial charge < -0.3 is 10.1 Å². The molecule has 3 aromatic carbocycles. The molecule has 0 aromatic heterocycles. The van der Waals surface area contributed by atoms with Gasteiger partial charge in [-0.05, 0) is 48.4 Å². The van der Waals surface area contributed by atoms with E-state index in [1.165, 1.54) is 6.92 Å². The number of ether oxygens (including phenoxy) is 1. The van der Waals surface area contributed by atoms with Crippen molar-refractivity contribution in [3.8, 4) is 11.1 Å². The Morgan fingerprint density at radius 2 is 1.55 bits per heavy atom. The molecule has 160 valence electrons. The molecule has 0 aliphatic rings. The third kappa shape index (κ3) is 5.64. The highest BCUT2D eigenvalue weighted by atomic mass is 35.5. The third-order valence-electron chi connectivity index (χ3n) is 4.43. The summed E-state index contributed by atoms with van der Waals surface area (Å²) < 4.78 is 43.7. The standard InChI is InChI=1S/C23H17ClF3NO3/c1-14(21(29)28-20-13-18(23(25,26)27)11-12-19(20)24)31-22(30)17-9-7-16(8-10-17)15-5-3-2-4-6-15/h2-14H,1H3,(H,28,29). The zero-order valence-electron chi connectivity index (χ0n) is 16.2. The summed E-state index contributed by atoms with van der Waals surface area (Å²) in [6.07, 6.45) is -5.85. The summed E-state index contributed by atoms with van der Waals surface area (Å²) >= 11 is 5.87. The lowest BCUT2D eigenvalue weighted by atomic mass is 10.0. The van der Waals surface area contributed by atoms with Crippen molar-refractivity contribution < 1.29 is 27.5 Å². The quantitative estimate of drug-likeness (QED) is 0.473. The van der Waals surface area contributed by atoms with Crippen molar-refractivity contribution in [2.75, 3.05) is 5.32 Å². The smallest absolute Gasteiger partial charge is 0.416 e. The van der Waals surface area contributed by atoms with Crippen LogP contribution in [0.5, 0.6) is 0 Å². The zero-order valence-corrected chi connectivity index (χ0v) is 17.0. The molecule has 1 amide bonds. The third-order valence-corrected chi connectivity index (χ3v) is 4.76. The van der Waals surface area contributed by atoms with Crippen molar-refractivity contribution in [3.05, 3.63) is 88.9 Å². The number of esters is 1. The summed E-state index contributed by atoms with van der Waals surface area (Å²) in [4.78, 5) is 24.6. The fourth-order valence-electron chi connectivity index (χ4n) is 2.74. The Morgan fingerprint density at radius 3 is 2.16 bits per heavy atom. The van der Waals surface area contributed by atoms with Crippen molar-refractivity contribution in [2.45, 2.75) is 19.2 Å². The van der Waals surface area contributed by atoms with Crippen LogP contribution in [-0.4, -0.2) is 18.0 Å². The monoisotopic (exact) mass is 447 g/mol. The number of amides is 1. The molecule has 3 rings (SSSR count). The Morgan fingerprint density at radius 1 is 0.935 bits per heavy atom. The first-order valence-corrected chi connectivity index (χ1v) is 9.57. The largest absolute Gasteiger partial charge is 0.449 e. The van der Waals surface area contributed by atoms with Gasteiger partial charge in [-0.2, -0.15) is 13.2 Å². The number of anilines is 1. The predicted octanol–water partition coefficient (Wildman–Crippen LogP) is 6.21. The van der Waals surface area contributed by atoms with Gasteiger partial charge in [0.15, 0.2) is 6.10 Å². The number of carbonyl (C=O) groups is 2. The Labute approximate surface area is 181 Å². The van der Waals surface area contributed by atoms with Crippen LogP contribution >= 0.6 is 11.6 Å². The van der Waals surface area contributed by atoms with Crippen LogP contribution in [0.25, 0.3) is 11.1 Å². The van der Waals surface area contributed by atoms with E-state index in [1.807, 2.05) is 30.3 Å². The van der Waals surface area contributed by atoms with Crippen LogP contribution in [0.1, 0.15) is 22.8 Å². The molecule has 0 aliphatic carbocycles. The summed E-state index contributed by atoms with van der Waals surface area (Å²) in [6.45, 7) is 1.31. The van der Waals surface area contributed by atoms with Crippen LogP contribution in [-0.2, 0) is 15.7 Å². The van der Waals surface area contributed by atoms with Crippen molar-refractivity contribution in [2.24, 2.45) is 0 Å². The topological polar surface area (TPSA) is 55.4 Å². The van der Waals surface area contributed by atoms with Gasteiger partial charge in [-0.15, -0.1) is 0 Å². The average molecular weight is 448 g/mol. The number of benzene rings is 3. The molecule has 4 nitrogen and oxygen atoms in total. The van der Waals surface area contributed by atoms with Gasteiger partial charge in [-0.25, -0.2) is 4.79 Å². The molecule has 1 atom stereocenters. The minimum absolute atomic E-state index is 0.0728. The van der Waals surface area contributed by atoms with Crippen molar-refractivity contribution >= 4 is 29.2 Å². The second-order valence-electron chi connectivity index (χ2n) is 6.67. The molecule has 0 saturated carbocycles. The maximum atomic E-state index is 12.9. The van der Waals surface area contributed by atoms with Crippen LogP contribution in [0.3, 0.4) is 0 Å². The van der Waals surface area contributed by atoms with E-state index in [1.54, 1.807) is 24.3 Å². The number of hydrogen-bond donors (Lipinski definition) is 1. The second-order valence-corrected chi connectivity index (χ2v) is 7.08. The zero-order chi connectivity index (χ0) is 22.6. The number of halogens is 4. The molecule has 0 spiro atoms. The maximum Gasteiger partial charge on any atom is 0.416 e. The first kappa shape index (κ1) is 22.4. The minimum atomic E-state index is -4.59. The number of alkyl halides is 3. The SMILES string of the molecule is CC(OC(=O)c1ccc(-c2ccccc2)cc1)C(=O)Nc1cc(C(F)(F)F)ccc1Cl. The van der Waals surface area contributed by atoms with Gasteiger partial charge in [0.1, 0.15) is 0 Å². The summed E-state index contributed by atoms with van der Waals surface area (Å²) in [5.41, 5.74) is 0.929. The lowest BCUT2D eigenvalue weighted by Crippen LogP contribution is -2.30. The number of nitrogens with one attached hydrogen (secondary N) is 1. The molecule has 0 heterocycles. The Kier molecular flexibility index (Phi) is 6.65. The molecule has 0 radical (unpaired) electrons. The lowest BCUT2D eigenvalue weighted by Gasteiger charge is -2.15. The van der Waals surface area contributed by atoms with Gasteiger partial charge in [0.25, 0.3) is 5.91 Å². The molecule has 1 unspecified atom stereocenters. The van der Waals surface area contributed by atoms with Crippen molar-refractivity contribution in [1.82, 2.24) is 0 Å². The fourth-order valence-corrected chi connectivity index (χ4v) is 2.91. The molecule has 0 fully saturated rings. The molecule has 3 aromatic rings. The van der Waals surface area contributed by atoms with Crippen molar-refractivity contribution in [3.63, 3.8) is 0 Å². The molecular formula is C23H17ClF3NO3. The molecule has 8 heteroatoms. The maximum absolute atomic E-state index is 12.9. The van der Waals surface area contributed by atoms with E-state index in [4.69, 9.17) is 16.3 Å². The highest BCUT2D eigenvalue weighted by Crippen LogP contribution is 2.34. The first-order chi connectivity index (χ1) is 14.6. The predicted molar refractivity (Wildman–Crippen MR) is 112 cm³/mol. The molecule has 0 bridgehead atoms. The molecule has 1 N–H and O–H groups in total. The normalized spacial score (nSPS) is 12.2. The Hall–Kier alpha value is -3.32. The molecule has 0 aliphatic heterocycles. The average Bonchev–Trinajstić information content (AvgIpc) is 2.75. The van der Waals surface area contributed by atoms with Crippen LogP contribution in [0.2, 0.25) is 5.02 Å². The number of rotatable bonds is 5. The Bertz CT molecular complexity index is 1080. The fraction of sp³-hybridized carbons (Fsp3) is 0.130. The summed E-state index contributed by atoms with van der Waals surface area (Å²) in [5.74, 6) is -1.55. The molecule has 31 heavy (non-hydrogen) atoms. The highest BCUT2D eigenvalue weighted by Gasteiger charge is 2.31. The van der Waals surface area contributed by atoms with Gasteiger partial charge in [-0.1, -0.05) is 54.1 Å². The molecule has 0 saturated heterocycles. The molecular weight excluding hydrogens is 431 g/mol.